The Hall–Kier alpha value is -0.800. The molecule has 2 nitrogen and oxygen atoms in total. The quantitative estimate of drug-likeness (QED) is 0.863. The van der Waals surface area contributed by atoms with E-state index in [4.69, 9.17) is 4.42 Å². The fraction of sp³-hybridized carbons (Fsp3) is 0.500. The molecule has 1 N–H and O–H groups in total. The maximum atomic E-state index is 9.58. The summed E-state index contributed by atoms with van der Waals surface area (Å²) in [5.74, 6) is 1.83. The number of benzene rings is 1. The summed E-state index contributed by atoms with van der Waals surface area (Å²) in [6, 6.07) is 6.15. The van der Waals surface area contributed by atoms with Crippen LogP contribution in [-0.4, -0.2) is 11.7 Å². The van der Waals surface area contributed by atoms with Gasteiger partial charge in [-0.1, -0.05) is 28.8 Å². The first-order valence-corrected chi connectivity index (χ1v) is 7.79. The van der Waals surface area contributed by atoms with Gasteiger partial charge in [-0.05, 0) is 49.4 Å². The fourth-order valence-electron chi connectivity index (χ4n) is 3.34. The van der Waals surface area contributed by atoms with E-state index in [1.54, 1.807) is 0 Å². The van der Waals surface area contributed by atoms with Crippen molar-refractivity contribution in [2.75, 3.05) is 6.61 Å². The molecular formula is C16H19BrO2. The molecule has 2 aromatic rings. The van der Waals surface area contributed by atoms with Crippen molar-refractivity contribution in [3.8, 4) is 0 Å². The second kappa shape index (κ2) is 5.29. The second-order valence-corrected chi connectivity index (χ2v) is 6.48. The number of hydrogen-bond acceptors (Lipinski definition) is 2. The van der Waals surface area contributed by atoms with Crippen LogP contribution < -0.4 is 0 Å². The standard InChI is InChI=1S/C16H19BrO2/c1-10-14-8-12(17)6-7-15(14)19-16(10)13-5-3-2-4-11(13)9-18/h6-8,11,13,18H,2-5,9H2,1H3. The van der Waals surface area contributed by atoms with E-state index in [2.05, 4.69) is 28.9 Å². The first-order valence-electron chi connectivity index (χ1n) is 7.00. The summed E-state index contributed by atoms with van der Waals surface area (Å²) >= 11 is 3.52. The van der Waals surface area contributed by atoms with Gasteiger partial charge in [0.2, 0.25) is 0 Å². The number of fused-ring (bicyclic) bond motifs is 1. The Balaban J connectivity index is 2.06. The second-order valence-electron chi connectivity index (χ2n) is 5.57. The van der Waals surface area contributed by atoms with Crippen LogP contribution in [0.5, 0.6) is 0 Å². The first kappa shape index (κ1) is 13.2. The Labute approximate surface area is 121 Å². The van der Waals surface area contributed by atoms with Crippen LogP contribution in [0.25, 0.3) is 11.0 Å². The van der Waals surface area contributed by atoms with Crippen molar-refractivity contribution < 1.29 is 9.52 Å². The van der Waals surface area contributed by atoms with E-state index < -0.39 is 0 Å². The molecule has 2 atom stereocenters. The minimum atomic E-state index is 0.269. The average molecular weight is 323 g/mol. The summed E-state index contributed by atoms with van der Waals surface area (Å²) < 4.78 is 7.17. The predicted molar refractivity (Wildman–Crippen MR) is 80.4 cm³/mol. The molecule has 0 saturated heterocycles. The van der Waals surface area contributed by atoms with Crippen LogP contribution in [0.15, 0.2) is 27.1 Å². The van der Waals surface area contributed by atoms with Crippen molar-refractivity contribution in [1.29, 1.82) is 0 Å². The molecule has 3 rings (SSSR count). The van der Waals surface area contributed by atoms with Crippen molar-refractivity contribution in [3.05, 3.63) is 34.0 Å². The van der Waals surface area contributed by atoms with Crippen LogP contribution in [0, 0.1) is 12.8 Å². The van der Waals surface area contributed by atoms with Gasteiger partial charge in [0.05, 0.1) is 0 Å². The summed E-state index contributed by atoms with van der Waals surface area (Å²) in [5.41, 5.74) is 2.19. The molecule has 0 bridgehead atoms. The van der Waals surface area contributed by atoms with Crippen molar-refractivity contribution in [2.45, 2.75) is 38.5 Å². The summed E-state index contributed by atoms with van der Waals surface area (Å²) in [6.07, 6.45) is 4.71. The highest BCUT2D eigenvalue weighted by Crippen LogP contribution is 2.42. The van der Waals surface area contributed by atoms with Gasteiger partial charge in [0.15, 0.2) is 0 Å². The lowest BCUT2D eigenvalue weighted by atomic mass is 9.77. The van der Waals surface area contributed by atoms with Gasteiger partial charge in [-0.15, -0.1) is 0 Å². The lowest BCUT2D eigenvalue weighted by molar-refractivity contribution is 0.159. The number of furan rings is 1. The molecular weight excluding hydrogens is 304 g/mol. The van der Waals surface area contributed by atoms with Crippen LogP contribution in [0.1, 0.15) is 42.9 Å². The molecule has 1 heterocycles. The third kappa shape index (κ3) is 2.34. The lowest BCUT2D eigenvalue weighted by Gasteiger charge is -2.29. The van der Waals surface area contributed by atoms with Gasteiger partial charge in [-0.3, -0.25) is 0 Å². The molecule has 0 aliphatic heterocycles. The number of aliphatic hydroxyl groups excluding tert-OH is 1. The monoisotopic (exact) mass is 322 g/mol. The van der Waals surface area contributed by atoms with E-state index in [-0.39, 0.29) is 6.61 Å². The van der Waals surface area contributed by atoms with Crippen LogP contribution >= 0.6 is 15.9 Å². The molecule has 1 aromatic carbocycles. The smallest absolute Gasteiger partial charge is 0.134 e. The highest BCUT2D eigenvalue weighted by molar-refractivity contribution is 9.10. The zero-order valence-corrected chi connectivity index (χ0v) is 12.7. The zero-order chi connectivity index (χ0) is 13.4. The Kier molecular flexibility index (Phi) is 3.68. The van der Waals surface area contributed by atoms with Gasteiger partial charge in [0.25, 0.3) is 0 Å². The van der Waals surface area contributed by atoms with Gasteiger partial charge >= 0.3 is 0 Å². The SMILES string of the molecule is Cc1c(C2CCCCC2CO)oc2ccc(Br)cc12. The van der Waals surface area contributed by atoms with Crippen LogP contribution in [0.3, 0.4) is 0 Å². The van der Waals surface area contributed by atoms with Crippen molar-refractivity contribution in [2.24, 2.45) is 5.92 Å². The minimum Gasteiger partial charge on any atom is -0.460 e. The van der Waals surface area contributed by atoms with E-state index in [1.165, 1.54) is 23.8 Å². The number of hydrogen-bond donors (Lipinski definition) is 1. The Morgan fingerprint density at radius 1 is 1.32 bits per heavy atom. The van der Waals surface area contributed by atoms with E-state index in [1.807, 2.05) is 12.1 Å². The predicted octanol–water partition coefficient (Wildman–Crippen LogP) is 4.77. The van der Waals surface area contributed by atoms with Gasteiger partial charge in [-0.25, -0.2) is 0 Å². The molecule has 1 fully saturated rings. The van der Waals surface area contributed by atoms with Crippen molar-refractivity contribution in [1.82, 2.24) is 0 Å². The molecule has 0 spiro atoms. The first-order chi connectivity index (χ1) is 9.20. The molecule has 1 aromatic heterocycles. The molecule has 0 amide bonds. The highest BCUT2D eigenvalue weighted by atomic mass is 79.9. The molecule has 1 aliphatic rings. The largest absolute Gasteiger partial charge is 0.460 e. The van der Waals surface area contributed by atoms with E-state index >= 15 is 0 Å². The van der Waals surface area contributed by atoms with Crippen molar-refractivity contribution >= 4 is 26.9 Å². The molecule has 3 heteroatoms. The maximum absolute atomic E-state index is 9.58. The third-order valence-electron chi connectivity index (χ3n) is 4.42. The van der Waals surface area contributed by atoms with Crippen LogP contribution in [0.2, 0.25) is 0 Å². The lowest BCUT2D eigenvalue weighted by Crippen LogP contribution is -2.21. The minimum absolute atomic E-state index is 0.269. The average Bonchev–Trinajstić information content (AvgIpc) is 2.76. The number of halogens is 1. The Bertz CT molecular complexity index is 588. The number of rotatable bonds is 2. The zero-order valence-electron chi connectivity index (χ0n) is 11.2. The van der Waals surface area contributed by atoms with Crippen LogP contribution in [0.4, 0.5) is 0 Å². The van der Waals surface area contributed by atoms with Crippen molar-refractivity contribution in [3.63, 3.8) is 0 Å². The van der Waals surface area contributed by atoms with Gasteiger partial charge in [0, 0.05) is 22.4 Å². The molecule has 0 radical (unpaired) electrons. The molecule has 19 heavy (non-hydrogen) atoms. The molecule has 1 aliphatic carbocycles. The number of aryl methyl sites for hydroxylation is 1. The Morgan fingerprint density at radius 3 is 2.89 bits per heavy atom. The molecule has 2 unspecified atom stereocenters. The fourth-order valence-corrected chi connectivity index (χ4v) is 3.70. The summed E-state index contributed by atoms with van der Waals surface area (Å²) in [5, 5.41) is 10.8. The summed E-state index contributed by atoms with van der Waals surface area (Å²) in [4.78, 5) is 0. The van der Waals surface area contributed by atoms with E-state index in [9.17, 15) is 5.11 Å². The van der Waals surface area contributed by atoms with Gasteiger partial charge in [-0.2, -0.15) is 0 Å². The normalized spacial score (nSPS) is 23.9. The maximum Gasteiger partial charge on any atom is 0.134 e. The van der Waals surface area contributed by atoms with Gasteiger partial charge in [0.1, 0.15) is 11.3 Å². The topological polar surface area (TPSA) is 33.4 Å². The molecule has 102 valence electrons. The summed E-state index contributed by atoms with van der Waals surface area (Å²) in [6.45, 7) is 2.40. The number of aliphatic hydroxyl groups is 1. The summed E-state index contributed by atoms with van der Waals surface area (Å²) in [7, 11) is 0. The van der Waals surface area contributed by atoms with E-state index in [0.717, 1.165) is 28.7 Å². The molecule has 1 saturated carbocycles. The van der Waals surface area contributed by atoms with Gasteiger partial charge < -0.3 is 9.52 Å². The third-order valence-corrected chi connectivity index (χ3v) is 4.91. The van der Waals surface area contributed by atoms with Crippen LogP contribution in [-0.2, 0) is 0 Å². The highest BCUT2D eigenvalue weighted by Gasteiger charge is 2.30. The van der Waals surface area contributed by atoms with E-state index in [0.29, 0.717) is 11.8 Å². The Morgan fingerprint density at radius 2 is 2.11 bits per heavy atom.